The summed E-state index contributed by atoms with van der Waals surface area (Å²) in [7, 11) is 1.95. The van der Waals surface area contributed by atoms with Gasteiger partial charge in [0.1, 0.15) is 4.90 Å². The molecule has 0 bridgehead atoms. The number of sulfonamides is 1. The van der Waals surface area contributed by atoms with E-state index >= 15 is 0 Å². The molecule has 0 spiro atoms. The van der Waals surface area contributed by atoms with E-state index in [0.29, 0.717) is 17.4 Å². The Balaban J connectivity index is 3.01. The van der Waals surface area contributed by atoms with Gasteiger partial charge in [0, 0.05) is 38.6 Å². The number of hydrogen-bond donors (Lipinski definition) is 1. The van der Waals surface area contributed by atoms with Crippen LogP contribution in [0.1, 0.15) is 32.9 Å². The molecular formula is C14H27N3O2S. The van der Waals surface area contributed by atoms with E-state index in [4.69, 9.17) is 0 Å². The molecule has 116 valence electrons. The summed E-state index contributed by atoms with van der Waals surface area (Å²) in [5, 5.41) is 3.04. The second kappa shape index (κ2) is 6.74. The van der Waals surface area contributed by atoms with Crippen molar-refractivity contribution in [1.29, 1.82) is 0 Å². The normalized spacial score (nSPS) is 14.2. The largest absolute Gasteiger partial charge is 0.352 e. The lowest BCUT2D eigenvalue weighted by molar-refractivity contribution is 0.338. The minimum absolute atomic E-state index is 0.00652. The second-order valence-electron chi connectivity index (χ2n) is 5.81. The van der Waals surface area contributed by atoms with Crippen LogP contribution in [0, 0.1) is 5.92 Å². The smallest absolute Gasteiger partial charge is 0.244 e. The number of hydrogen-bond acceptors (Lipinski definition) is 3. The molecule has 0 saturated carbocycles. The first kappa shape index (κ1) is 17.2. The van der Waals surface area contributed by atoms with Gasteiger partial charge in [0.15, 0.2) is 0 Å². The van der Waals surface area contributed by atoms with Gasteiger partial charge in [-0.05, 0) is 32.4 Å². The van der Waals surface area contributed by atoms with Crippen molar-refractivity contribution in [2.24, 2.45) is 13.0 Å². The van der Waals surface area contributed by atoms with Crippen LogP contribution >= 0.6 is 0 Å². The highest BCUT2D eigenvalue weighted by Gasteiger charge is 2.27. The van der Waals surface area contributed by atoms with Gasteiger partial charge in [-0.25, -0.2) is 8.42 Å². The van der Waals surface area contributed by atoms with Gasteiger partial charge in [-0.15, -0.1) is 0 Å². The highest BCUT2D eigenvalue weighted by Crippen LogP contribution is 2.21. The van der Waals surface area contributed by atoms with Crippen molar-refractivity contribution in [2.45, 2.75) is 44.7 Å². The zero-order valence-corrected chi connectivity index (χ0v) is 14.2. The van der Waals surface area contributed by atoms with Gasteiger partial charge in [0.2, 0.25) is 10.0 Å². The third-order valence-electron chi connectivity index (χ3n) is 3.55. The minimum atomic E-state index is -3.42. The van der Waals surface area contributed by atoms with Crippen LogP contribution in [-0.2, 0) is 23.6 Å². The van der Waals surface area contributed by atoms with Crippen molar-refractivity contribution in [3.63, 3.8) is 0 Å². The maximum atomic E-state index is 12.6. The summed E-state index contributed by atoms with van der Waals surface area (Å²) >= 11 is 0. The van der Waals surface area contributed by atoms with Crippen LogP contribution in [0.25, 0.3) is 0 Å². The van der Waals surface area contributed by atoms with Crippen LogP contribution in [0.15, 0.2) is 17.2 Å². The van der Waals surface area contributed by atoms with Gasteiger partial charge in [0.25, 0.3) is 0 Å². The van der Waals surface area contributed by atoms with E-state index in [-0.39, 0.29) is 6.04 Å². The summed E-state index contributed by atoms with van der Waals surface area (Å²) in [5.41, 5.74) is 0.955. The Bertz CT molecular complexity index is 535. The van der Waals surface area contributed by atoms with Gasteiger partial charge in [0.05, 0.1) is 0 Å². The van der Waals surface area contributed by atoms with Crippen molar-refractivity contribution in [3.05, 3.63) is 18.0 Å². The molecule has 0 radical (unpaired) electrons. The Morgan fingerprint density at radius 3 is 2.45 bits per heavy atom. The molecule has 0 fully saturated rings. The molecule has 0 aliphatic carbocycles. The van der Waals surface area contributed by atoms with E-state index in [0.717, 1.165) is 12.1 Å². The van der Waals surface area contributed by atoms with Gasteiger partial charge in [-0.2, -0.15) is 4.31 Å². The van der Waals surface area contributed by atoms with E-state index in [1.54, 1.807) is 19.3 Å². The SMILES string of the molecule is CNCc1cc(S(=O)(=O)N(C)C(C)CC(C)C)cn1C. The number of rotatable bonds is 7. The molecule has 0 aromatic carbocycles. The second-order valence-corrected chi connectivity index (χ2v) is 7.81. The van der Waals surface area contributed by atoms with Gasteiger partial charge < -0.3 is 9.88 Å². The Morgan fingerprint density at radius 1 is 1.35 bits per heavy atom. The van der Waals surface area contributed by atoms with Crippen LogP contribution in [0.2, 0.25) is 0 Å². The molecule has 0 aliphatic rings. The molecule has 1 rings (SSSR count). The molecule has 20 heavy (non-hydrogen) atoms. The zero-order valence-electron chi connectivity index (χ0n) is 13.3. The topological polar surface area (TPSA) is 54.3 Å². The lowest BCUT2D eigenvalue weighted by Crippen LogP contribution is -2.35. The Labute approximate surface area is 123 Å². The average molecular weight is 301 g/mol. The van der Waals surface area contributed by atoms with Crippen LogP contribution < -0.4 is 5.32 Å². The van der Waals surface area contributed by atoms with Crippen LogP contribution in [0.4, 0.5) is 0 Å². The predicted octanol–water partition coefficient (Wildman–Crippen LogP) is 1.80. The standard InChI is InChI=1S/C14H27N3O2S/c1-11(2)7-12(3)17(6)20(18,19)14-8-13(9-15-4)16(5)10-14/h8,10-12,15H,7,9H2,1-6H3. The lowest BCUT2D eigenvalue weighted by atomic mass is 10.1. The summed E-state index contributed by atoms with van der Waals surface area (Å²) in [6.45, 7) is 6.81. The maximum absolute atomic E-state index is 12.6. The first-order valence-electron chi connectivity index (χ1n) is 6.98. The minimum Gasteiger partial charge on any atom is -0.352 e. The van der Waals surface area contributed by atoms with Crippen molar-refractivity contribution in [1.82, 2.24) is 14.2 Å². The first-order valence-corrected chi connectivity index (χ1v) is 8.42. The van der Waals surface area contributed by atoms with Crippen molar-refractivity contribution < 1.29 is 8.42 Å². The molecule has 1 atom stereocenters. The Hall–Kier alpha value is -0.850. The number of nitrogens with one attached hydrogen (secondary N) is 1. The first-order chi connectivity index (χ1) is 9.20. The van der Waals surface area contributed by atoms with Crippen molar-refractivity contribution >= 4 is 10.0 Å². The fourth-order valence-corrected chi connectivity index (χ4v) is 3.78. The molecule has 0 saturated heterocycles. The maximum Gasteiger partial charge on any atom is 0.244 e. The van der Waals surface area contributed by atoms with Gasteiger partial charge in [-0.3, -0.25) is 0 Å². The summed E-state index contributed by atoms with van der Waals surface area (Å²) in [6.07, 6.45) is 2.53. The molecule has 5 nitrogen and oxygen atoms in total. The molecule has 0 amide bonds. The van der Waals surface area contributed by atoms with E-state index < -0.39 is 10.0 Å². The van der Waals surface area contributed by atoms with Gasteiger partial charge in [-0.1, -0.05) is 13.8 Å². The summed E-state index contributed by atoms with van der Waals surface area (Å²) in [6, 6.07) is 1.73. The van der Waals surface area contributed by atoms with Crippen LogP contribution in [0.3, 0.4) is 0 Å². The fraction of sp³-hybridized carbons (Fsp3) is 0.714. The molecule has 1 aromatic rings. The summed E-state index contributed by atoms with van der Waals surface area (Å²) in [4.78, 5) is 0.364. The number of nitrogens with zero attached hydrogens (tertiary/aromatic N) is 2. The van der Waals surface area contributed by atoms with E-state index in [1.165, 1.54) is 4.31 Å². The molecule has 1 unspecified atom stereocenters. The highest BCUT2D eigenvalue weighted by molar-refractivity contribution is 7.89. The monoisotopic (exact) mass is 301 g/mol. The summed E-state index contributed by atoms with van der Waals surface area (Å²) in [5.74, 6) is 0.471. The predicted molar refractivity (Wildman–Crippen MR) is 82.0 cm³/mol. The molecule has 0 aliphatic heterocycles. The molecule has 1 N–H and O–H groups in total. The molecule has 6 heteroatoms. The van der Waals surface area contributed by atoms with Crippen LogP contribution in [-0.4, -0.2) is 37.4 Å². The highest BCUT2D eigenvalue weighted by atomic mass is 32.2. The van der Waals surface area contributed by atoms with Crippen LogP contribution in [0.5, 0.6) is 0 Å². The Kier molecular flexibility index (Phi) is 5.79. The lowest BCUT2D eigenvalue weighted by Gasteiger charge is -2.25. The number of aryl methyl sites for hydroxylation is 1. The third kappa shape index (κ3) is 3.84. The van der Waals surface area contributed by atoms with E-state index in [1.807, 2.05) is 25.6 Å². The Morgan fingerprint density at radius 2 is 1.95 bits per heavy atom. The van der Waals surface area contributed by atoms with Crippen molar-refractivity contribution in [2.75, 3.05) is 14.1 Å². The van der Waals surface area contributed by atoms with Crippen molar-refractivity contribution in [3.8, 4) is 0 Å². The quantitative estimate of drug-likeness (QED) is 0.835. The van der Waals surface area contributed by atoms with Gasteiger partial charge >= 0.3 is 0 Å². The van der Waals surface area contributed by atoms with E-state index in [9.17, 15) is 8.42 Å². The number of aromatic nitrogens is 1. The summed E-state index contributed by atoms with van der Waals surface area (Å²) < 4.78 is 28.6. The molecule has 1 aromatic heterocycles. The third-order valence-corrected chi connectivity index (χ3v) is 5.49. The zero-order chi connectivity index (χ0) is 15.5. The fourth-order valence-electron chi connectivity index (χ4n) is 2.31. The average Bonchev–Trinajstić information content (AvgIpc) is 2.70. The molecular weight excluding hydrogens is 274 g/mol. The molecule has 1 heterocycles. The van der Waals surface area contributed by atoms with E-state index in [2.05, 4.69) is 19.2 Å².